The van der Waals surface area contributed by atoms with Crippen LogP contribution in [0.1, 0.15) is 41.6 Å². The van der Waals surface area contributed by atoms with Gasteiger partial charge in [-0.1, -0.05) is 36.3 Å². The molecular weight excluding hydrogens is 494 g/mol. The van der Waals surface area contributed by atoms with Crippen molar-refractivity contribution in [3.8, 4) is 18.1 Å². The molecular formula is C30H33N5O4. The van der Waals surface area contributed by atoms with Crippen LogP contribution in [0, 0.1) is 12.3 Å². The van der Waals surface area contributed by atoms with Crippen molar-refractivity contribution in [2.75, 3.05) is 25.1 Å². The molecule has 3 heterocycles. The Morgan fingerprint density at radius 1 is 1.21 bits per heavy atom. The highest BCUT2D eigenvalue weighted by Gasteiger charge is 2.30. The van der Waals surface area contributed by atoms with Crippen LogP contribution >= 0.6 is 0 Å². The molecule has 0 saturated carbocycles. The first-order valence-corrected chi connectivity index (χ1v) is 13.2. The lowest BCUT2D eigenvalue weighted by Gasteiger charge is -2.33. The second kappa shape index (κ2) is 10.8. The fourth-order valence-corrected chi connectivity index (χ4v) is 5.58. The van der Waals surface area contributed by atoms with E-state index in [9.17, 15) is 14.4 Å². The van der Waals surface area contributed by atoms with Crippen LogP contribution in [0.15, 0.2) is 57.7 Å². The molecule has 0 unspecified atom stereocenters. The molecule has 2 aliphatic rings. The van der Waals surface area contributed by atoms with Gasteiger partial charge in [0.1, 0.15) is 17.1 Å². The average molecular weight is 528 g/mol. The number of ketones is 1. The number of nitrogens with zero attached hydrogens (tertiary/aromatic N) is 4. The van der Waals surface area contributed by atoms with E-state index >= 15 is 0 Å². The molecule has 1 aliphatic heterocycles. The summed E-state index contributed by atoms with van der Waals surface area (Å²) >= 11 is 0. The Kier molecular flexibility index (Phi) is 7.31. The molecule has 0 amide bonds. The number of rotatable bonds is 7. The van der Waals surface area contributed by atoms with Crippen molar-refractivity contribution in [1.29, 1.82) is 0 Å². The molecule has 202 valence electrons. The third kappa shape index (κ3) is 4.84. The summed E-state index contributed by atoms with van der Waals surface area (Å²) in [5, 5.41) is 0. The van der Waals surface area contributed by atoms with E-state index in [2.05, 4.69) is 29.0 Å². The predicted molar refractivity (Wildman–Crippen MR) is 153 cm³/mol. The minimum absolute atomic E-state index is 0.0226. The zero-order valence-corrected chi connectivity index (χ0v) is 22.4. The monoisotopic (exact) mass is 527 g/mol. The Bertz CT molecular complexity index is 1660. The Hall–Kier alpha value is -4.29. The number of piperidine rings is 1. The summed E-state index contributed by atoms with van der Waals surface area (Å²) < 4.78 is 9.53. The molecule has 1 fully saturated rings. The smallest absolute Gasteiger partial charge is 0.331 e. The lowest BCUT2D eigenvalue weighted by atomic mass is 10.1. The van der Waals surface area contributed by atoms with E-state index in [-0.39, 0.29) is 11.8 Å². The standard InChI is InChI=1S/C30H33N5O4/c1-4-24-26-27(34(17-20-10-6-5-7-11-20)28(24)33-15-9-13-22(31)18-33)29(37)35(30(38)32(26)2)19-25(36)21-12-8-14-23(16-21)39-3/h1,6,8,10-12,14,16,22H,5,7,9,13,15,17-19,31H2,2-3H3/t22-/m1/s1. The number of aromatic nitrogens is 3. The van der Waals surface area contributed by atoms with Gasteiger partial charge in [0.2, 0.25) is 0 Å². The normalized spacial score (nSPS) is 17.2. The van der Waals surface area contributed by atoms with Crippen LogP contribution in [0.3, 0.4) is 0 Å². The van der Waals surface area contributed by atoms with Crippen molar-refractivity contribution in [1.82, 2.24) is 13.7 Å². The van der Waals surface area contributed by atoms with Crippen molar-refractivity contribution < 1.29 is 9.53 Å². The Morgan fingerprint density at radius 2 is 2.03 bits per heavy atom. The summed E-state index contributed by atoms with van der Waals surface area (Å²) in [7, 11) is 3.10. The Morgan fingerprint density at radius 3 is 2.72 bits per heavy atom. The first-order chi connectivity index (χ1) is 18.8. The highest BCUT2D eigenvalue weighted by atomic mass is 16.5. The molecule has 0 bridgehead atoms. The molecule has 5 rings (SSSR count). The number of benzene rings is 1. The molecule has 1 saturated heterocycles. The van der Waals surface area contributed by atoms with Crippen molar-refractivity contribution in [2.45, 2.75) is 44.8 Å². The minimum Gasteiger partial charge on any atom is -0.497 e. The molecule has 1 atom stereocenters. The van der Waals surface area contributed by atoms with E-state index in [4.69, 9.17) is 16.9 Å². The van der Waals surface area contributed by atoms with Crippen LogP contribution in [0.5, 0.6) is 5.75 Å². The molecule has 9 heteroatoms. The number of hydrogen-bond acceptors (Lipinski definition) is 6. The van der Waals surface area contributed by atoms with Crippen LogP contribution in [0.2, 0.25) is 0 Å². The number of aryl methyl sites for hydroxylation is 1. The number of carbonyl (C=O) groups excluding carboxylic acids is 1. The van der Waals surface area contributed by atoms with Crippen molar-refractivity contribution in [3.63, 3.8) is 0 Å². The van der Waals surface area contributed by atoms with Gasteiger partial charge in [0.15, 0.2) is 5.78 Å². The maximum absolute atomic E-state index is 14.1. The van der Waals surface area contributed by atoms with Crippen molar-refractivity contribution in [3.05, 3.63) is 80.0 Å². The zero-order valence-electron chi connectivity index (χ0n) is 22.4. The average Bonchev–Trinajstić information content (AvgIpc) is 3.28. The van der Waals surface area contributed by atoms with E-state index in [1.807, 2.05) is 4.57 Å². The van der Waals surface area contributed by atoms with Gasteiger partial charge in [0.25, 0.3) is 5.56 Å². The van der Waals surface area contributed by atoms with E-state index in [0.29, 0.717) is 46.8 Å². The summed E-state index contributed by atoms with van der Waals surface area (Å²) in [5.41, 5.74) is 7.77. The van der Waals surface area contributed by atoms with Crippen LogP contribution in [-0.2, 0) is 20.1 Å². The quantitative estimate of drug-likeness (QED) is 0.374. The van der Waals surface area contributed by atoms with Gasteiger partial charge in [0, 0.05) is 38.3 Å². The van der Waals surface area contributed by atoms with E-state index in [1.54, 1.807) is 31.3 Å². The first kappa shape index (κ1) is 26.3. The van der Waals surface area contributed by atoms with E-state index < -0.39 is 17.8 Å². The number of allylic oxidation sites excluding steroid dienone is 4. The molecule has 1 aromatic carbocycles. The minimum atomic E-state index is -0.601. The number of carbonyl (C=O) groups is 1. The maximum atomic E-state index is 14.1. The molecule has 2 aromatic heterocycles. The number of methoxy groups -OCH3 is 1. The number of hydrogen-bond donors (Lipinski definition) is 1. The SMILES string of the molecule is C#Cc1c(N2CCC[C@@H](N)C2)n(CC2=CCCC=C2)c2c(=O)n(CC(=O)c3cccc(OC)c3)c(=O)n(C)c12. The summed E-state index contributed by atoms with van der Waals surface area (Å²) in [6.45, 7) is 1.34. The van der Waals surface area contributed by atoms with Gasteiger partial charge in [-0.25, -0.2) is 4.79 Å². The number of anilines is 1. The van der Waals surface area contributed by atoms with Gasteiger partial charge in [-0.3, -0.25) is 18.7 Å². The van der Waals surface area contributed by atoms with Gasteiger partial charge in [0.05, 0.1) is 24.7 Å². The molecule has 3 aromatic rings. The van der Waals surface area contributed by atoms with E-state index in [0.717, 1.165) is 42.4 Å². The molecule has 39 heavy (non-hydrogen) atoms. The first-order valence-electron chi connectivity index (χ1n) is 13.2. The number of terminal acetylenes is 1. The van der Waals surface area contributed by atoms with Gasteiger partial charge in [-0.15, -0.1) is 6.42 Å². The fraction of sp³-hybridized carbons (Fsp3) is 0.367. The summed E-state index contributed by atoms with van der Waals surface area (Å²) in [4.78, 5) is 42.9. The topological polar surface area (TPSA) is 104 Å². The van der Waals surface area contributed by atoms with Crippen molar-refractivity contribution >= 4 is 22.6 Å². The number of nitrogens with two attached hydrogens (primary N) is 1. The van der Waals surface area contributed by atoms with Gasteiger partial charge < -0.3 is 19.9 Å². The third-order valence-corrected chi connectivity index (χ3v) is 7.52. The highest BCUT2D eigenvalue weighted by molar-refractivity contribution is 5.96. The lowest BCUT2D eigenvalue weighted by molar-refractivity contribution is 0.0968. The lowest BCUT2D eigenvalue weighted by Crippen LogP contribution is -2.44. The predicted octanol–water partition coefficient (Wildman–Crippen LogP) is 2.58. The van der Waals surface area contributed by atoms with E-state index in [1.165, 1.54) is 11.7 Å². The van der Waals surface area contributed by atoms with Gasteiger partial charge in [-0.05, 0) is 43.4 Å². The molecule has 1 aliphatic carbocycles. The number of Topliss-reactive ketones (excluding diaryl/α,β-unsaturated/α-hetero) is 1. The summed E-state index contributed by atoms with van der Waals surface area (Å²) in [5.74, 6) is 3.63. The second-order valence-corrected chi connectivity index (χ2v) is 10.1. The third-order valence-electron chi connectivity index (χ3n) is 7.52. The largest absolute Gasteiger partial charge is 0.497 e. The zero-order chi connectivity index (χ0) is 27.7. The Labute approximate surface area is 226 Å². The molecule has 2 N–H and O–H groups in total. The van der Waals surface area contributed by atoms with Crippen LogP contribution in [-0.4, -0.2) is 45.7 Å². The second-order valence-electron chi connectivity index (χ2n) is 10.1. The van der Waals surface area contributed by atoms with Crippen molar-refractivity contribution in [2.24, 2.45) is 12.8 Å². The number of fused-ring (bicyclic) bond motifs is 1. The fourth-order valence-electron chi connectivity index (χ4n) is 5.58. The van der Waals surface area contributed by atoms with Crippen LogP contribution in [0.25, 0.3) is 11.0 Å². The maximum Gasteiger partial charge on any atom is 0.331 e. The summed E-state index contributed by atoms with van der Waals surface area (Å²) in [6, 6.07) is 6.63. The van der Waals surface area contributed by atoms with Crippen LogP contribution < -0.4 is 26.6 Å². The molecule has 0 radical (unpaired) electrons. The number of ether oxygens (including phenoxy) is 1. The molecule has 0 spiro atoms. The van der Waals surface area contributed by atoms with Crippen LogP contribution in [0.4, 0.5) is 5.82 Å². The molecule has 9 nitrogen and oxygen atoms in total. The van der Waals surface area contributed by atoms with Gasteiger partial charge >= 0.3 is 5.69 Å². The highest BCUT2D eigenvalue weighted by Crippen LogP contribution is 2.33. The Balaban J connectivity index is 1.72. The van der Waals surface area contributed by atoms with Gasteiger partial charge in [-0.2, -0.15) is 0 Å². The summed E-state index contributed by atoms with van der Waals surface area (Å²) in [6.07, 6.45) is 16.1.